The number of nitriles is 1. The molecule has 3 rings (SSSR count). The summed E-state index contributed by atoms with van der Waals surface area (Å²) in [5.74, 6) is -0.719. The summed E-state index contributed by atoms with van der Waals surface area (Å²) in [6.45, 7) is 7.73. The summed E-state index contributed by atoms with van der Waals surface area (Å²) in [4.78, 5) is 35.9. The molecule has 1 fully saturated rings. The first-order valence-electron chi connectivity index (χ1n) is 14.4. The van der Waals surface area contributed by atoms with Crippen molar-refractivity contribution >= 4 is 70.0 Å². The van der Waals surface area contributed by atoms with E-state index >= 15 is 0 Å². The maximum absolute atomic E-state index is 12.6. The number of para-hydroxylation sites is 1. The Morgan fingerprint density at radius 2 is 1.64 bits per heavy atom. The van der Waals surface area contributed by atoms with Crippen LogP contribution in [-0.4, -0.2) is 50.6 Å². The standard InChI is InChI=1S/C22H19Cl2NO3.C10H19O6PS2/c1-22(2)17(12-19(23)24)20(22)21(26)28-18(13-25)14-7-6-10-16(11-14)27-15-8-4-3-5-9-15;1-5-15-9(11)7-8(10(12)16-6-2)19-17(18,13-3)14-4/h3-12,17-18,20H,1-2H3;8H,5-7H2,1-4H3/t17-,18?,20+;/m1./s1. The van der Waals surface area contributed by atoms with Gasteiger partial charge in [-0.1, -0.05) is 78.8 Å². The minimum Gasteiger partial charge on any atom is -0.466 e. The summed E-state index contributed by atoms with van der Waals surface area (Å²) in [7, 11) is 2.81. The van der Waals surface area contributed by atoms with Gasteiger partial charge in [0.25, 0.3) is 0 Å². The Balaban J connectivity index is 0.000000355. The number of carbonyl (C=O) groups is 3. The van der Waals surface area contributed by atoms with Crippen molar-refractivity contribution in [2.75, 3.05) is 27.4 Å². The minimum absolute atomic E-state index is 0.114. The quantitative estimate of drug-likeness (QED) is 0.0987. The minimum atomic E-state index is -2.65. The molecule has 15 heteroatoms. The van der Waals surface area contributed by atoms with Crippen LogP contribution in [0.15, 0.2) is 65.2 Å². The average molecular weight is 747 g/mol. The van der Waals surface area contributed by atoms with E-state index in [1.807, 2.05) is 50.2 Å². The van der Waals surface area contributed by atoms with Crippen molar-refractivity contribution < 1.29 is 42.4 Å². The van der Waals surface area contributed by atoms with E-state index in [2.05, 4.69) is 0 Å². The molecule has 0 spiro atoms. The van der Waals surface area contributed by atoms with Crippen molar-refractivity contribution in [3.63, 3.8) is 0 Å². The predicted molar refractivity (Wildman–Crippen MR) is 186 cm³/mol. The van der Waals surface area contributed by atoms with Gasteiger partial charge in [-0.3, -0.25) is 14.4 Å². The largest absolute Gasteiger partial charge is 0.466 e. The Labute approximate surface area is 294 Å². The number of ether oxygens (including phenoxy) is 4. The lowest BCUT2D eigenvalue weighted by molar-refractivity contribution is -0.149. The summed E-state index contributed by atoms with van der Waals surface area (Å²) in [5, 5.41) is 8.74. The molecule has 0 bridgehead atoms. The average Bonchev–Trinajstić information content (AvgIpc) is 3.58. The second-order valence-corrected chi connectivity index (χ2v) is 18.0. The molecule has 4 atom stereocenters. The maximum Gasteiger partial charge on any atom is 0.320 e. The van der Waals surface area contributed by atoms with Crippen molar-refractivity contribution in [1.82, 2.24) is 0 Å². The fourth-order valence-electron chi connectivity index (χ4n) is 4.39. The third-order valence-electron chi connectivity index (χ3n) is 6.87. The molecule has 10 nitrogen and oxygen atoms in total. The molecular weight excluding hydrogens is 708 g/mol. The molecule has 2 unspecified atom stereocenters. The van der Waals surface area contributed by atoms with Gasteiger partial charge in [0.1, 0.15) is 27.3 Å². The van der Waals surface area contributed by atoms with Crippen molar-refractivity contribution in [2.45, 2.75) is 45.5 Å². The molecule has 0 aromatic heterocycles. The molecule has 0 saturated heterocycles. The normalized spacial score (nSPS) is 17.3. The maximum atomic E-state index is 12.6. The van der Waals surface area contributed by atoms with Gasteiger partial charge in [0, 0.05) is 19.8 Å². The topological polar surface area (TPSA) is 130 Å². The van der Waals surface area contributed by atoms with Gasteiger partial charge < -0.3 is 28.0 Å². The molecule has 1 saturated carbocycles. The lowest BCUT2D eigenvalue weighted by Gasteiger charge is -2.21. The first kappa shape index (κ1) is 40.6. The van der Waals surface area contributed by atoms with Crippen LogP contribution in [0, 0.1) is 28.6 Å². The van der Waals surface area contributed by atoms with Gasteiger partial charge in [0.15, 0.2) is 0 Å². The van der Waals surface area contributed by atoms with Gasteiger partial charge in [-0.25, -0.2) is 0 Å². The highest BCUT2D eigenvalue weighted by Crippen LogP contribution is 2.62. The second kappa shape index (κ2) is 19.4. The van der Waals surface area contributed by atoms with Crippen LogP contribution in [0.1, 0.15) is 45.8 Å². The number of allylic oxidation sites excluding steroid dienone is 1. The number of rotatable bonds is 15. The van der Waals surface area contributed by atoms with Crippen LogP contribution in [0.2, 0.25) is 0 Å². The molecule has 1 aliphatic carbocycles. The molecule has 2 aromatic rings. The molecule has 47 heavy (non-hydrogen) atoms. The number of hydrogen-bond donors (Lipinski definition) is 0. The van der Waals surface area contributed by atoms with Crippen LogP contribution < -0.4 is 4.74 Å². The highest BCUT2D eigenvalue weighted by molar-refractivity contribution is 8.68. The van der Waals surface area contributed by atoms with Gasteiger partial charge in [0.2, 0.25) is 11.8 Å². The third-order valence-corrected chi connectivity index (χ3v) is 13.0. The number of carbonyl (C=O) groups excluding carboxylic acids is 3. The Morgan fingerprint density at radius 1 is 1.02 bits per heavy atom. The van der Waals surface area contributed by atoms with Crippen molar-refractivity contribution in [3.8, 4) is 17.6 Å². The Hall–Kier alpha value is -2.62. The number of nitrogens with zero attached hydrogens (tertiary/aromatic N) is 1. The van der Waals surface area contributed by atoms with Crippen molar-refractivity contribution in [1.29, 1.82) is 5.26 Å². The van der Waals surface area contributed by atoms with E-state index in [0.29, 0.717) is 17.1 Å². The Bertz CT molecular complexity index is 1470. The summed E-state index contributed by atoms with van der Waals surface area (Å²) in [6, 6.07) is 18.3. The van der Waals surface area contributed by atoms with E-state index in [-0.39, 0.29) is 41.4 Å². The number of hydrogen-bond acceptors (Lipinski definition) is 12. The summed E-state index contributed by atoms with van der Waals surface area (Å²) >= 11 is 17.6. The van der Waals surface area contributed by atoms with Crippen LogP contribution in [0.25, 0.3) is 0 Å². The van der Waals surface area contributed by atoms with Gasteiger partial charge in [0.05, 0.1) is 25.6 Å². The van der Waals surface area contributed by atoms with Crippen LogP contribution in [0.4, 0.5) is 0 Å². The lowest BCUT2D eigenvalue weighted by atomic mass is 10.1. The molecule has 2 aromatic carbocycles. The Kier molecular flexibility index (Phi) is 16.7. The number of esters is 3. The summed E-state index contributed by atoms with van der Waals surface area (Å²) < 4.78 is 31.3. The molecule has 0 radical (unpaired) electrons. The zero-order valence-electron chi connectivity index (χ0n) is 26.8. The molecular formula is C32H38Cl2NO9PS2. The van der Waals surface area contributed by atoms with Crippen LogP contribution >= 0.6 is 40.3 Å². The van der Waals surface area contributed by atoms with Gasteiger partial charge >= 0.3 is 17.9 Å². The SMILES string of the molecule is CC1(C)[C@H](C=C(Cl)Cl)[C@H]1C(=O)OC(C#N)c1cccc(Oc2ccccc2)c1.CCOC(=O)CC(SP(=S)(OC)OC)C(=O)OCC. The van der Waals surface area contributed by atoms with E-state index < -0.39 is 35.0 Å². The summed E-state index contributed by atoms with van der Waals surface area (Å²) in [6.07, 6.45) is 0.493. The monoisotopic (exact) mass is 745 g/mol. The fourth-order valence-corrected chi connectivity index (χ4v) is 8.52. The highest BCUT2D eigenvalue weighted by atomic mass is 35.5. The molecule has 256 valence electrons. The van der Waals surface area contributed by atoms with Crippen LogP contribution in [0.3, 0.4) is 0 Å². The molecule has 0 heterocycles. The molecule has 0 N–H and O–H groups in total. The third kappa shape index (κ3) is 12.7. The van der Waals surface area contributed by atoms with Crippen LogP contribution in [0.5, 0.6) is 11.5 Å². The number of halogens is 2. The van der Waals surface area contributed by atoms with Crippen molar-refractivity contribution in [2.24, 2.45) is 17.3 Å². The van der Waals surface area contributed by atoms with Gasteiger partial charge in [-0.15, -0.1) is 0 Å². The first-order chi connectivity index (χ1) is 22.2. The van der Waals surface area contributed by atoms with Gasteiger partial charge in [-0.2, -0.15) is 5.26 Å². The molecule has 0 aliphatic heterocycles. The van der Waals surface area contributed by atoms with E-state index in [9.17, 15) is 19.6 Å². The molecule has 1 aliphatic rings. The smallest absolute Gasteiger partial charge is 0.320 e. The van der Waals surface area contributed by atoms with E-state index in [1.54, 1.807) is 44.2 Å². The van der Waals surface area contributed by atoms with Crippen molar-refractivity contribution in [3.05, 3.63) is 70.7 Å². The Morgan fingerprint density at radius 3 is 2.19 bits per heavy atom. The van der Waals surface area contributed by atoms with E-state index in [1.165, 1.54) is 14.2 Å². The van der Waals surface area contributed by atoms with E-state index in [4.69, 9.17) is 63.0 Å². The predicted octanol–water partition coefficient (Wildman–Crippen LogP) is 8.30. The summed E-state index contributed by atoms with van der Waals surface area (Å²) in [5.41, 5.74) is -2.42. The van der Waals surface area contributed by atoms with Gasteiger partial charge in [-0.05, 0) is 67.3 Å². The lowest BCUT2D eigenvalue weighted by Crippen LogP contribution is -2.24. The first-order valence-corrected chi connectivity index (χ1v) is 19.3. The van der Waals surface area contributed by atoms with Crippen LogP contribution in [-0.2, 0) is 49.4 Å². The van der Waals surface area contributed by atoms with E-state index in [0.717, 1.165) is 11.4 Å². The zero-order valence-corrected chi connectivity index (χ0v) is 30.9. The zero-order chi connectivity index (χ0) is 35.2. The second-order valence-electron chi connectivity index (χ2n) is 10.4. The highest BCUT2D eigenvalue weighted by Gasteiger charge is 2.62. The molecule has 0 amide bonds. The number of benzene rings is 2. The fraction of sp³-hybridized carbons (Fsp3) is 0.438.